The Morgan fingerprint density at radius 3 is 2.89 bits per heavy atom. The molecule has 5 heteroatoms. The predicted octanol–water partition coefficient (Wildman–Crippen LogP) is 0.446. The number of ether oxygens (including phenoxy) is 2. The molecule has 3 fully saturated rings. The molecule has 1 unspecified atom stereocenters. The van der Waals surface area contributed by atoms with E-state index in [-0.39, 0.29) is 6.29 Å². The van der Waals surface area contributed by atoms with Crippen LogP contribution in [0.25, 0.3) is 0 Å². The van der Waals surface area contributed by atoms with Gasteiger partial charge >= 0.3 is 0 Å². The summed E-state index contributed by atoms with van der Waals surface area (Å²) in [6, 6.07) is 0.458. The van der Waals surface area contributed by atoms with Crippen molar-refractivity contribution in [1.82, 2.24) is 9.80 Å². The summed E-state index contributed by atoms with van der Waals surface area (Å²) in [6.45, 7) is 5.59. The number of hydrogen-bond donors (Lipinski definition) is 0. The van der Waals surface area contributed by atoms with Crippen molar-refractivity contribution in [2.75, 3.05) is 39.4 Å². The maximum absolute atomic E-state index is 11.6. The van der Waals surface area contributed by atoms with Crippen LogP contribution in [0.5, 0.6) is 0 Å². The number of hydrogen-bond acceptors (Lipinski definition) is 4. The zero-order chi connectivity index (χ0) is 12.4. The summed E-state index contributed by atoms with van der Waals surface area (Å²) in [5.74, 6) is 0.346. The van der Waals surface area contributed by atoms with Gasteiger partial charge in [-0.3, -0.25) is 9.69 Å². The molecule has 0 saturated carbocycles. The lowest BCUT2D eigenvalue weighted by Gasteiger charge is -2.38. The summed E-state index contributed by atoms with van der Waals surface area (Å²) >= 11 is 0. The van der Waals surface area contributed by atoms with E-state index in [1.165, 1.54) is 0 Å². The van der Waals surface area contributed by atoms with E-state index in [9.17, 15) is 4.79 Å². The lowest BCUT2D eigenvalue weighted by atomic mass is 10.1. The minimum Gasteiger partial charge on any atom is -0.353 e. The molecule has 0 bridgehead atoms. The predicted molar refractivity (Wildman–Crippen MR) is 66.1 cm³/mol. The molecule has 0 spiro atoms. The molecule has 0 N–H and O–H groups in total. The van der Waals surface area contributed by atoms with Crippen LogP contribution in [-0.2, 0) is 14.3 Å². The van der Waals surface area contributed by atoms with Gasteiger partial charge in [-0.25, -0.2) is 0 Å². The molecule has 1 atom stereocenters. The summed E-state index contributed by atoms with van der Waals surface area (Å²) < 4.78 is 11.1. The second-order valence-electron chi connectivity index (χ2n) is 5.39. The van der Waals surface area contributed by atoms with Crippen molar-refractivity contribution in [3.63, 3.8) is 0 Å². The molecule has 18 heavy (non-hydrogen) atoms. The summed E-state index contributed by atoms with van der Waals surface area (Å²) in [5.41, 5.74) is 0. The van der Waals surface area contributed by atoms with E-state index in [0.717, 1.165) is 65.1 Å². The SMILES string of the molecule is O=C1CCC2CN(CCC3OCCCO3)CCN12. The topological polar surface area (TPSA) is 42.0 Å². The molecule has 0 aromatic carbocycles. The number of amides is 1. The van der Waals surface area contributed by atoms with Crippen molar-refractivity contribution in [3.8, 4) is 0 Å². The summed E-state index contributed by atoms with van der Waals surface area (Å²) in [6.07, 6.45) is 3.72. The first-order valence-electron chi connectivity index (χ1n) is 7.08. The first-order valence-corrected chi connectivity index (χ1v) is 7.08. The fraction of sp³-hybridized carbons (Fsp3) is 0.923. The average molecular weight is 254 g/mol. The minimum absolute atomic E-state index is 0.0120. The second-order valence-corrected chi connectivity index (χ2v) is 5.39. The number of carbonyl (C=O) groups is 1. The molecule has 0 radical (unpaired) electrons. The van der Waals surface area contributed by atoms with Gasteiger partial charge in [0, 0.05) is 45.1 Å². The monoisotopic (exact) mass is 254 g/mol. The largest absolute Gasteiger partial charge is 0.353 e. The van der Waals surface area contributed by atoms with Crippen molar-refractivity contribution < 1.29 is 14.3 Å². The van der Waals surface area contributed by atoms with Gasteiger partial charge in [0.1, 0.15) is 0 Å². The highest BCUT2D eigenvalue weighted by Gasteiger charge is 2.35. The molecule has 3 heterocycles. The Bertz CT molecular complexity index is 305. The van der Waals surface area contributed by atoms with Gasteiger partial charge in [0.25, 0.3) is 0 Å². The Kier molecular flexibility index (Phi) is 3.82. The standard InChI is InChI=1S/C13H22N2O3/c16-12-3-2-11-10-14(6-7-15(11)12)5-4-13-17-8-1-9-18-13/h11,13H,1-10H2. The Hall–Kier alpha value is -0.650. The van der Waals surface area contributed by atoms with Crippen LogP contribution in [0.1, 0.15) is 25.7 Å². The quantitative estimate of drug-likeness (QED) is 0.733. The van der Waals surface area contributed by atoms with E-state index < -0.39 is 0 Å². The first kappa shape index (κ1) is 12.4. The van der Waals surface area contributed by atoms with Crippen molar-refractivity contribution in [1.29, 1.82) is 0 Å². The van der Waals surface area contributed by atoms with Crippen LogP contribution >= 0.6 is 0 Å². The van der Waals surface area contributed by atoms with Gasteiger partial charge in [0.15, 0.2) is 6.29 Å². The number of fused-ring (bicyclic) bond motifs is 1. The molecule has 3 aliphatic heterocycles. The van der Waals surface area contributed by atoms with Crippen LogP contribution in [-0.4, -0.2) is 67.4 Å². The molecular formula is C13H22N2O3. The van der Waals surface area contributed by atoms with Crippen LogP contribution in [0.15, 0.2) is 0 Å². The van der Waals surface area contributed by atoms with Gasteiger partial charge in [-0.15, -0.1) is 0 Å². The Balaban J connectivity index is 1.43. The molecule has 3 saturated heterocycles. The zero-order valence-electron chi connectivity index (χ0n) is 10.8. The van der Waals surface area contributed by atoms with Gasteiger partial charge in [0.05, 0.1) is 13.2 Å². The number of carbonyl (C=O) groups excluding carboxylic acids is 1. The summed E-state index contributed by atoms with van der Waals surface area (Å²) in [4.78, 5) is 16.1. The Labute approximate surface area is 108 Å². The van der Waals surface area contributed by atoms with Crippen molar-refractivity contribution in [3.05, 3.63) is 0 Å². The van der Waals surface area contributed by atoms with E-state index in [1.54, 1.807) is 0 Å². The highest BCUT2D eigenvalue weighted by Crippen LogP contribution is 2.23. The molecule has 5 nitrogen and oxygen atoms in total. The molecule has 3 aliphatic rings. The van der Waals surface area contributed by atoms with Crippen LogP contribution in [0.4, 0.5) is 0 Å². The van der Waals surface area contributed by atoms with Gasteiger partial charge in [-0.2, -0.15) is 0 Å². The third kappa shape index (κ3) is 2.68. The highest BCUT2D eigenvalue weighted by molar-refractivity contribution is 5.78. The minimum atomic E-state index is -0.0120. The molecule has 1 amide bonds. The van der Waals surface area contributed by atoms with Crippen molar-refractivity contribution in [2.24, 2.45) is 0 Å². The van der Waals surface area contributed by atoms with E-state index >= 15 is 0 Å². The molecule has 102 valence electrons. The van der Waals surface area contributed by atoms with Crippen molar-refractivity contribution in [2.45, 2.75) is 38.0 Å². The lowest BCUT2D eigenvalue weighted by molar-refractivity contribution is -0.183. The third-order valence-electron chi connectivity index (χ3n) is 4.16. The van der Waals surface area contributed by atoms with Gasteiger partial charge in [0.2, 0.25) is 5.91 Å². The van der Waals surface area contributed by atoms with Gasteiger partial charge in [-0.05, 0) is 12.8 Å². The maximum atomic E-state index is 11.6. The van der Waals surface area contributed by atoms with Gasteiger partial charge in [-0.1, -0.05) is 0 Å². The van der Waals surface area contributed by atoms with Crippen molar-refractivity contribution >= 4 is 5.91 Å². The summed E-state index contributed by atoms with van der Waals surface area (Å²) in [7, 11) is 0. The lowest BCUT2D eigenvalue weighted by Crippen LogP contribution is -2.51. The fourth-order valence-electron chi connectivity index (χ4n) is 3.12. The molecule has 0 aromatic rings. The van der Waals surface area contributed by atoms with E-state index in [0.29, 0.717) is 11.9 Å². The molecule has 0 aromatic heterocycles. The molecular weight excluding hydrogens is 232 g/mol. The summed E-state index contributed by atoms with van der Waals surface area (Å²) in [5, 5.41) is 0. The van der Waals surface area contributed by atoms with Gasteiger partial charge < -0.3 is 14.4 Å². The average Bonchev–Trinajstić information content (AvgIpc) is 2.79. The van der Waals surface area contributed by atoms with E-state index in [1.807, 2.05) is 0 Å². The fourth-order valence-corrected chi connectivity index (χ4v) is 3.12. The van der Waals surface area contributed by atoms with Crippen LogP contribution in [0.2, 0.25) is 0 Å². The zero-order valence-corrected chi connectivity index (χ0v) is 10.8. The van der Waals surface area contributed by atoms with Crippen LogP contribution in [0, 0.1) is 0 Å². The van der Waals surface area contributed by atoms with E-state index in [4.69, 9.17) is 9.47 Å². The first-order chi connectivity index (χ1) is 8.83. The normalized spacial score (nSPS) is 30.8. The van der Waals surface area contributed by atoms with E-state index in [2.05, 4.69) is 9.80 Å². The second kappa shape index (κ2) is 5.55. The third-order valence-corrected chi connectivity index (χ3v) is 4.16. The number of piperazine rings is 1. The molecule has 3 rings (SSSR count). The Morgan fingerprint density at radius 1 is 1.22 bits per heavy atom. The van der Waals surface area contributed by atoms with Crippen LogP contribution < -0.4 is 0 Å². The Morgan fingerprint density at radius 2 is 2.06 bits per heavy atom. The maximum Gasteiger partial charge on any atom is 0.222 e. The highest BCUT2D eigenvalue weighted by atomic mass is 16.7. The molecule has 0 aliphatic carbocycles. The van der Waals surface area contributed by atoms with Crippen LogP contribution in [0.3, 0.4) is 0 Å². The number of nitrogens with zero attached hydrogens (tertiary/aromatic N) is 2. The number of rotatable bonds is 3. The smallest absolute Gasteiger partial charge is 0.222 e.